The second kappa shape index (κ2) is 8.97. The SMILES string of the molecule is COc1cc(COC(=O)N2CCCN2C(=O)C2(c3ccccc3)CC2)c([N+](=O)[O-])cc1OC. The summed E-state index contributed by atoms with van der Waals surface area (Å²) in [5.74, 6) is 0.358. The maximum absolute atomic E-state index is 13.4. The molecule has 0 spiro atoms. The van der Waals surface area contributed by atoms with E-state index in [1.165, 1.54) is 36.4 Å². The molecule has 0 radical (unpaired) electrons. The molecule has 33 heavy (non-hydrogen) atoms. The van der Waals surface area contributed by atoms with Crippen LogP contribution < -0.4 is 9.47 Å². The third kappa shape index (κ3) is 4.15. The molecule has 1 aliphatic heterocycles. The van der Waals surface area contributed by atoms with Crippen LogP contribution in [0.25, 0.3) is 0 Å². The number of ether oxygens (including phenoxy) is 3. The lowest BCUT2D eigenvalue weighted by molar-refractivity contribution is -0.385. The van der Waals surface area contributed by atoms with Gasteiger partial charge in [0.2, 0.25) is 0 Å². The van der Waals surface area contributed by atoms with Crippen LogP contribution in [-0.2, 0) is 21.6 Å². The smallest absolute Gasteiger partial charge is 0.429 e. The number of amides is 2. The van der Waals surface area contributed by atoms with Crippen molar-refractivity contribution >= 4 is 17.7 Å². The number of carbonyl (C=O) groups is 2. The first kappa shape index (κ1) is 22.4. The number of methoxy groups -OCH3 is 2. The highest BCUT2D eigenvalue weighted by Gasteiger charge is 2.55. The third-order valence-electron chi connectivity index (χ3n) is 6.09. The number of rotatable bonds is 7. The second-order valence-electron chi connectivity index (χ2n) is 8.00. The molecule has 1 aliphatic carbocycles. The molecular weight excluding hydrogens is 430 g/mol. The molecule has 0 bridgehead atoms. The van der Waals surface area contributed by atoms with E-state index >= 15 is 0 Å². The Balaban J connectivity index is 1.49. The van der Waals surface area contributed by atoms with E-state index in [9.17, 15) is 19.7 Å². The van der Waals surface area contributed by atoms with Gasteiger partial charge in [-0.15, -0.1) is 0 Å². The number of nitrogens with zero attached hydrogens (tertiary/aromatic N) is 3. The summed E-state index contributed by atoms with van der Waals surface area (Å²) in [6.45, 7) is 0.403. The Morgan fingerprint density at radius 3 is 2.27 bits per heavy atom. The molecule has 4 rings (SSSR count). The Kier molecular flexibility index (Phi) is 6.08. The topological polar surface area (TPSA) is 111 Å². The molecule has 0 aromatic heterocycles. The van der Waals surface area contributed by atoms with Crippen LogP contribution >= 0.6 is 0 Å². The highest BCUT2D eigenvalue weighted by Crippen LogP contribution is 2.50. The summed E-state index contributed by atoms with van der Waals surface area (Å²) in [4.78, 5) is 37.1. The minimum atomic E-state index is -0.728. The Hall–Kier alpha value is -3.82. The molecule has 2 aliphatic rings. The lowest BCUT2D eigenvalue weighted by Gasteiger charge is -2.30. The summed E-state index contributed by atoms with van der Waals surface area (Å²) in [6.07, 6.45) is 1.36. The summed E-state index contributed by atoms with van der Waals surface area (Å²) >= 11 is 0. The van der Waals surface area contributed by atoms with E-state index in [0.717, 1.165) is 18.4 Å². The quantitative estimate of drug-likeness (QED) is 0.464. The molecule has 1 heterocycles. The van der Waals surface area contributed by atoms with Crippen LogP contribution in [0.2, 0.25) is 0 Å². The zero-order valence-electron chi connectivity index (χ0n) is 18.5. The highest BCUT2D eigenvalue weighted by atomic mass is 16.6. The van der Waals surface area contributed by atoms with Gasteiger partial charge in [-0.05, 0) is 30.9 Å². The largest absolute Gasteiger partial charge is 0.493 e. The van der Waals surface area contributed by atoms with Crippen molar-refractivity contribution in [1.82, 2.24) is 10.0 Å². The van der Waals surface area contributed by atoms with Gasteiger partial charge in [0.1, 0.15) is 6.61 Å². The van der Waals surface area contributed by atoms with Crippen molar-refractivity contribution in [2.75, 3.05) is 27.3 Å². The Morgan fingerprint density at radius 1 is 1.03 bits per heavy atom. The summed E-state index contributed by atoms with van der Waals surface area (Å²) in [5.41, 5.74) is 0.240. The van der Waals surface area contributed by atoms with Crippen LogP contribution in [0, 0.1) is 10.1 Å². The zero-order chi connectivity index (χ0) is 23.6. The van der Waals surface area contributed by atoms with Gasteiger partial charge in [-0.2, -0.15) is 0 Å². The molecule has 10 heteroatoms. The number of nitro benzene ring substituents is 1. The second-order valence-corrected chi connectivity index (χ2v) is 8.00. The summed E-state index contributed by atoms with van der Waals surface area (Å²) in [5, 5.41) is 14.2. The Morgan fingerprint density at radius 2 is 1.67 bits per heavy atom. The minimum absolute atomic E-state index is 0.125. The predicted molar refractivity (Wildman–Crippen MR) is 117 cm³/mol. The van der Waals surface area contributed by atoms with Gasteiger partial charge in [-0.3, -0.25) is 14.9 Å². The van der Waals surface area contributed by atoms with Gasteiger partial charge in [-0.1, -0.05) is 30.3 Å². The van der Waals surface area contributed by atoms with E-state index in [-0.39, 0.29) is 35.3 Å². The van der Waals surface area contributed by atoms with Crippen LogP contribution in [0.5, 0.6) is 11.5 Å². The van der Waals surface area contributed by atoms with Gasteiger partial charge < -0.3 is 14.2 Å². The van der Waals surface area contributed by atoms with Crippen molar-refractivity contribution in [2.24, 2.45) is 0 Å². The van der Waals surface area contributed by atoms with Crippen LogP contribution in [-0.4, -0.2) is 54.3 Å². The van der Waals surface area contributed by atoms with Crippen molar-refractivity contribution in [3.63, 3.8) is 0 Å². The molecule has 0 unspecified atom stereocenters. The Bertz CT molecular complexity index is 1070. The first-order valence-corrected chi connectivity index (χ1v) is 10.6. The average Bonchev–Trinajstić information content (AvgIpc) is 3.51. The standard InChI is InChI=1S/C23H25N3O7/c1-31-19-13-16(18(26(29)30)14-20(19)32-2)15-33-22(28)25-12-6-11-24(25)21(27)23(9-10-23)17-7-4-3-5-8-17/h3-5,7-8,13-14H,6,9-12,15H2,1-2H3. The van der Waals surface area contributed by atoms with Gasteiger partial charge in [-0.25, -0.2) is 14.8 Å². The number of carbonyl (C=O) groups excluding carboxylic acids is 2. The van der Waals surface area contributed by atoms with Crippen molar-refractivity contribution in [2.45, 2.75) is 31.3 Å². The van der Waals surface area contributed by atoms with Gasteiger partial charge in [0.25, 0.3) is 11.6 Å². The highest BCUT2D eigenvalue weighted by molar-refractivity contribution is 5.92. The summed E-state index contributed by atoms with van der Waals surface area (Å²) < 4.78 is 15.7. The van der Waals surface area contributed by atoms with E-state index in [1.54, 1.807) is 0 Å². The van der Waals surface area contributed by atoms with Gasteiger partial charge >= 0.3 is 6.09 Å². The molecule has 2 aromatic rings. The first-order valence-electron chi connectivity index (χ1n) is 10.6. The van der Waals surface area contributed by atoms with Crippen molar-refractivity contribution < 1.29 is 28.7 Å². The van der Waals surface area contributed by atoms with E-state index in [4.69, 9.17) is 14.2 Å². The van der Waals surface area contributed by atoms with Gasteiger partial charge in [0.05, 0.1) is 36.2 Å². The van der Waals surface area contributed by atoms with Crippen LogP contribution in [0.15, 0.2) is 42.5 Å². The lowest BCUT2D eigenvalue weighted by Crippen LogP contribution is -2.49. The monoisotopic (exact) mass is 455 g/mol. The molecule has 0 atom stereocenters. The molecule has 2 aromatic carbocycles. The molecule has 1 saturated carbocycles. The molecule has 174 valence electrons. The first-order chi connectivity index (χ1) is 15.9. The number of hydrogen-bond acceptors (Lipinski definition) is 7. The maximum Gasteiger partial charge on any atom is 0.429 e. The lowest BCUT2D eigenvalue weighted by atomic mass is 9.95. The number of hydrazine groups is 1. The number of hydrogen-bond donors (Lipinski definition) is 0. The van der Waals surface area contributed by atoms with E-state index in [1.807, 2.05) is 30.3 Å². The maximum atomic E-state index is 13.4. The fourth-order valence-corrected chi connectivity index (χ4v) is 4.18. The fraction of sp³-hybridized carbons (Fsp3) is 0.391. The van der Waals surface area contributed by atoms with Gasteiger partial charge in [0.15, 0.2) is 11.5 Å². The summed E-state index contributed by atoms with van der Waals surface area (Å²) in [6, 6.07) is 12.2. The molecule has 1 saturated heterocycles. The van der Waals surface area contributed by atoms with Crippen LogP contribution in [0.4, 0.5) is 10.5 Å². The normalized spacial score (nSPS) is 16.3. The van der Waals surface area contributed by atoms with E-state index in [2.05, 4.69) is 0 Å². The average molecular weight is 455 g/mol. The van der Waals surface area contributed by atoms with Gasteiger partial charge in [0, 0.05) is 13.1 Å². The van der Waals surface area contributed by atoms with Crippen LogP contribution in [0.1, 0.15) is 30.4 Å². The minimum Gasteiger partial charge on any atom is -0.493 e. The fourth-order valence-electron chi connectivity index (χ4n) is 4.18. The van der Waals surface area contributed by atoms with Crippen molar-refractivity contribution in [3.05, 3.63) is 63.7 Å². The van der Waals surface area contributed by atoms with Crippen LogP contribution in [0.3, 0.4) is 0 Å². The Labute approximate surface area is 190 Å². The van der Waals surface area contributed by atoms with Crippen molar-refractivity contribution in [3.8, 4) is 11.5 Å². The molecular formula is C23H25N3O7. The van der Waals surface area contributed by atoms with E-state index < -0.39 is 16.4 Å². The molecule has 0 N–H and O–H groups in total. The number of nitro groups is 1. The zero-order valence-corrected chi connectivity index (χ0v) is 18.5. The molecule has 10 nitrogen and oxygen atoms in total. The summed E-state index contributed by atoms with van der Waals surface area (Å²) in [7, 11) is 2.79. The van der Waals surface area contributed by atoms with E-state index in [0.29, 0.717) is 19.5 Å². The number of benzene rings is 2. The third-order valence-corrected chi connectivity index (χ3v) is 6.09. The predicted octanol–water partition coefficient (Wildman–Crippen LogP) is 3.43. The van der Waals surface area contributed by atoms with Crippen molar-refractivity contribution in [1.29, 1.82) is 0 Å². The molecule has 2 amide bonds. The molecule has 2 fully saturated rings.